The van der Waals surface area contributed by atoms with Crippen molar-refractivity contribution in [3.05, 3.63) is 28.8 Å². The molecule has 0 atom stereocenters. The predicted octanol–water partition coefficient (Wildman–Crippen LogP) is 4.02. The molecule has 102 valence electrons. The molecule has 0 unspecified atom stereocenters. The van der Waals surface area contributed by atoms with Gasteiger partial charge in [0, 0.05) is 11.1 Å². The van der Waals surface area contributed by atoms with E-state index in [2.05, 4.69) is 11.8 Å². The molecule has 0 radical (unpaired) electrons. The van der Waals surface area contributed by atoms with Crippen LogP contribution in [0.25, 0.3) is 0 Å². The van der Waals surface area contributed by atoms with Crippen molar-refractivity contribution in [3.8, 4) is 17.6 Å². The second-order valence-electron chi connectivity index (χ2n) is 6.07. The van der Waals surface area contributed by atoms with Gasteiger partial charge in [-0.1, -0.05) is 40.5 Å². The molecular weight excluding hydrogens is 236 g/mol. The van der Waals surface area contributed by atoms with E-state index in [-0.39, 0.29) is 17.1 Å². The molecule has 0 heterocycles. The molecule has 0 saturated heterocycles. The summed E-state index contributed by atoms with van der Waals surface area (Å²) in [5.41, 5.74) is 1.93. The van der Waals surface area contributed by atoms with E-state index in [4.69, 9.17) is 0 Å². The molecule has 1 N–H and O–H groups in total. The van der Waals surface area contributed by atoms with E-state index in [1.165, 1.54) is 0 Å². The number of rotatable bonds is 2. The number of hydrogen-bond acceptors (Lipinski definition) is 2. The van der Waals surface area contributed by atoms with E-state index < -0.39 is 0 Å². The van der Waals surface area contributed by atoms with Gasteiger partial charge in [-0.25, -0.2) is 0 Å². The number of carbonyl (C=O) groups excluding carboxylic acids is 1. The molecule has 2 nitrogen and oxygen atoms in total. The Labute approximate surface area is 115 Å². The van der Waals surface area contributed by atoms with Crippen LogP contribution in [0.1, 0.15) is 68.9 Å². The standard InChI is InChI=1S/C17H22O2/c1-7-8-15(18)12-9-13(11(2)3)16(19)14(10-12)17(4,5)6/h9-11,19H,1-6H3. The second kappa shape index (κ2) is 5.48. The fourth-order valence-corrected chi connectivity index (χ4v) is 1.99. The van der Waals surface area contributed by atoms with E-state index in [1.807, 2.05) is 34.6 Å². The number of benzene rings is 1. The highest BCUT2D eigenvalue weighted by Crippen LogP contribution is 2.37. The van der Waals surface area contributed by atoms with Crippen molar-refractivity contribution in [1.82, 2.24) is 0 Å². The van der Waals surface area contributed by atoms with Crippen LogP contribution in [0.15, 0.2) is 12.1 Å². The third-order valence-corrected chi connectivity index (χ3v) is 3.07. The lowest BCUT2D eigenvalue weighted by atomic mass is 9.82. The smallest absolute Gasteiger partial charge is 0.235 e. The third kappa shape index (κ3) is 3.38. The fraction of sp³-hybridized carbons (Fsp3) is 0.471. The average Bonchev–Trinajstić information content (AvgIpc) is 2.27. The van der Waals surface area contributed by atoms with Crippen molar-refractivity contribution in [3.63, 3.8) is 0 Å². The molecule has 0 fully saturated rings. The minimum absolute atomic E-state index is 0.156. The average molecular weight is 258 g/mol. The van der Waals surface area contributed by atoms with Crippen LogP contribution in [0.5, 0.6) is 5.75 Å². The highest BCUT2D eigenvalue weighted by Gasteiger charge is 2.23. The summed E-state index contributed by atoms with van der Waals surface area (Å²) in [5.74, 6) is 5.43. The van der Waals surface area contributed by atoms with Crippen LogP contribution in [0.4, 0.5) is 0 Å². The van der Waals surface area contributed by atoms with Crippen LogP contribution >= 0.6 is 0 Å². The topological polar surface area (TPSA) is 37.3 Å². The van der Waals surface area contributed by atoms with Gasteiger partial charge >= 0.3 is 0 Å². The normalized spacial score (nSPS) is 11.1. The maximum atomic E-state index is 12.0. The SMILES string of the molecule is CC#CC(=O)c1cc(C(C)C)c(O)c(C(C)(C)C)c1. The Morgan fingerprint density at radius 2 is 1.84 bits per heavy atom. The van der Waals surface area contributed by atoms with E-state index in [0.717, 1.165) is 11.1 Å². The number of Topliss-reactive ketones (excluding diaryl/α,β-unsaturated/α-hetero) is 1. The van der Waals surface area contributed by atoms with Gasteiger partial charge in [0.15, 0.2) is 0 Å². The molecule has 0 bridgehead atoms. The van der Waals surface area contributed by atoms with Crippen molar-refractivity contribution in [2.45, 2.75) is 52.9 Å². The van der Waals surface area contributed by atoms with Gasteiger partial charge in [0.2, 0.25) is 5.78 Å². The minimum Gasteiger partial charge on any atom is -0.507 e. The number of phenolic OH excluding ortho intramolecular Hbond substituents is 1. The predicted molar refractivity (Wildman–Crippen MR) is 78.7 cm³/mol. The van der Waals surface area contributed by atoms with E-state index >= 15 is 0 Å². The summed E-state index contributed by atoms with van der Waals surface area (Å²) in [5, 5.41) is 10.4. The highest BCUT2D eigenvalue weighted by molar-refractivity contribution is 6.09. The second-order valence-corrected chi connectivity index (χ2v) is 6.07. The quantitative estimate of drug-likeness (QED) is 0.494. The molecule has 0 aromatic heterocycles. The number of phenols is 1. The van der Waals surface area contributed by atoms with Crippen LogP contribution in [0, 0.1) is 11.8 Å². The highest BCUT2D eigenvalue weighted by atomic mass is 16.3. The van der Waals surface area contributed by atoms with Gasteiger partial charge in [0.05, 0.1) is 0 Å². The van der Waals surface area contributed by atoms with Crippen molar-refractivity contribution in [2.24, 2.45) is 0 Å². The van der Waals surface area contributed by atoms with Crippen LogP contribution in [-0.4, -0.2) is 10.9 Å². The zero-order valence-electron chi connectivity index (χ0n) is 12.6. The summed E-state index contributed by atoms with van der Waals surface area (Å²) < 4.78 is 0. The Bertz CT molecular complexity index is 549. The van der Waals surface area contributed by atoms with Gasteiger partial charge in [0.25, 0.3) is 0 Å². The minimum atomic E-state index is -0.219. The molecule has 1 rings (SSSR count). The lowest BCUT2D eigenvalue weighted by Crippen LogP contribution is -2.14. The Morgan fingerprint density at radius 1 is 1.26 bits per heavy atom. The zero-order chi connectivity index (χ0) is 14.8. The Hall–Kier alpha value is -1.75. The third-order valence-electron chi connectivity index (χ3n) is 3.07. The van der Waals surface area contributed by atoms with Crippen LogP contribution < -0.4 is 0 Å². The first-order valence-corrected chi connectivity index (χ1v) is 6.53. The van der Waals surface area contributed by atoms with Crippen molar-refractivity contribution in [2.75, 3.05) is 0 Å². The van der Waals surface area contributed by atoms with Crippen LogP contribution in [-0.2, 0) is 5.41 Å². The lowest BCUT2D eigenvalue weighted by molar-refractivity contribution is 0.105. The molecule has 19 heavy (non-hydrogen) atoms. The molecule has 2 heteroatoms. The van der Waals surface area contributed by atoms with Crippen molar-refractivity contribution >= 4 is 5.78 Å². The molecule has 0 amide bonds. The Balaban J connectivity index is 3.56. The molecule has 0 saturated carbocycles. The zero-order valence-corrected chi connectivity index (χ0v) is 12.6. The summed E-state index contributed by atoms with van der Waals surface area (Å²) >= 11 is 0. The van der Waals surface area contributed by atoms with Gasteiger partial charge in [-0.3, -0.25) is 4.79 Å². The molecule has 0 aliphatic carbocycles. The maximum absolute atomic E-state index is 12.0. The number of aromatic hydroxyl groups is 1. The summed E-state index contributed by atoms with van der Waals surface area (Å²) in [6, 6.07) is 3.51. The Morgan fingerprint density at radius 3 is 2.26 bits per heavy atom. The number of carbonyl (C=O) groups is 1. The first-order chi connectivity index (χ1) is 8.68. The van der Waals surface area contributed by atoms with Gasteiger partial charge < -0.3 is 5.11 Å². The molecule has 0 aliphatic rings. The van der Waals surface area contributed by atoms with E-state index in [1.54, 1.807) is 19.1 Å². The summed E-state index contributed by atoms with van der Waals surface area (Å²) in [4.78, 5) is 12.0. The van der Waals surface area contributed by atoms with Gasteiger partial charge in [-0.2, -0.15) is 0 Å². The number of hydrogen-bond donors (Lipinski definition) is 1. The summed E-state index contributed by atoms with van der Waals surface area (Å²) in [6.45, 7) is 11.7. The molecular formula is C17H22O2. The van der Waals surface area contributed by atoms with Gasteiger partial charge in [-0.05, 0) is 41.9 Å². The Kier molecular flexibility index (Phi) is 4.42. The molecule has 1 aromatic rings. The molecule has 0 spiro atoms. The molecule has 1 aromatic carbocycles. The fourth-order valence-electron chi connectivity index (χ4n) is 1.99. The van der Waals surface area contributed by atoms with Crippen LogP contribution in [0.3, 0.4) is 0 Å². The van der Waals surface area contributed by atoms with Crippen LogP contribution in [0.2, 0.25) is 0 Å². The monoisotopic (exact) mass is 258 g/mol. The maximum Gasteiger partial charge on any atom is 0.235 e. The summed E-state index contributed by atoms with van der Waals surface area (Å²) in [6.07, 6.45) is 0. The van der Waals surface area contributed by atoms with E-state index in [0.29, 0.717) is 11.3 Å². The van der Waals surface area contributed by atoms with Gasteiger partial charge in [0.1, 0.15) is 5.75 Å². The van der Waals surface area contributed by atoms with Gasteiger partial charge in [-0.15, -0.1) is 0 Å². The van der Waals surface area contributed by atoms with E-state index in [9.17, 15) is 9.90 Å². The van der Waals surface area contributed by atoms with Crippen molar-refractivity contribution in [1.29, 1.82) is 0 Å². The largest absolute Gasteiger partial charge is 0.507 e. The van der Waals surface area contributed by atoms with Crippen molar-refractivity contribution < 1.29 is 9.90 Å². The first-order valence-electron chi connectivity index (χ1n) is 6.53. The summed E-state index contributed by atoms with van der Waals surface area (Å²) in [7, 11) is 0. The number of ketones is 1. The first kappa shape index (κ1) is 15.3. The molecule has 0 aliphatic heterocycles. The lowest BCUT2D eigenvalue weighted by Gasteiger charge is -2.24.